The minimum atomic E-state index is -0.133. The molecule has 0 bridgehead atoms. The molecule has 2 heterocycles. The number of methoxy groups -OCH3 is 1. The standard InChI is InChI=1S/C21H19ClN4O2/c1-13-23-17(21(27)26-10-9-14-5-3-4-6-18(14)26)12-20(24-13)25-15-7-8-19(28-2)16(22)11-15/h3-8,11-12H,9-10H2,1-2H3,(H,23,24,25). The molecule has 4 rings (SSSR count). The van der Waals surface area contributed by atoms with Crippen LogP contribution in [0, 0.1) is 6.92 Å². The number of fused-ring (bicyclic) bond motifs is 1. The fourth-order valence-corrected chi connectivity index (χ4v) is 3.58. The average Bonchev–Trinajstić information content (AvgIpc) is 3.11. The summed E-state index contributed by atoms with van der Waals surface area (Å²) >= 11 is 6.18. The second kappa shape index (κ2) is 7.48. The molecule has 28 heavy (non-hydrogen) atoms. The van der Waals surface area contributed by atoms with Crippen LogP contribution in [-0.2, 0) is 6.42 Å². The Balaban J connectivity index is 1.61. The monoisotopic (exact) mass is 394 g/mol. The summed E-state index contributed by atoms with van der Waals surface area (Å²) in [6, 6.07) is 15.0. The van der Waals surface area contributed by atoms with Gasteiger partial charge in [-0.05, 0) is 43.2 Å². The molecule has 0 atom stereocenters. The first-order valence-corrected chi connectivity index (χ1v) is 9.29. The van der Waals surface area contributed by atoms with Gasteiger partial charge in [0.2, 0.25) is 0 Å². The Bertz CT molecular complexity index is 1050. The summed E-state index contributed by atoms with van der Waals surface area (Å²) in [5.41, 5.74) is 3.22. The van der Waals surface area contributed by atoms with E-state index in [1.54, 1.807) is 37.1 Å². The lowest BCUT2D eigenvalue weighted by Crippen LogP contribution is -2.30. The number of carbonyl (C=O) groups is 1. The van der Waals surface area contributed by atoms with E-state index in [1.807, 2.05) is 30.3 Å². The topological polar surface area (TPSA) is 67.3 Å². The van der Waals surface area contributed by atoms with Crippen molar-refractivity contribution in [3.05, 3.63) is 70.6 Å². The van der Waals surface area contributed by atoms with E-state index in [0.29, 0.717) is 34.7 Å². The molecule has 7 heteroatoms. The van der Waals surface area contributed by atoms with Crippen LogP contribution in [0.5, 0.6) is 5.75 Å². The van der Waals surface area contributed by atoms with Crippen molar-refractivity contribution in [3.63, 3.8) is 0 Å². The SMILES string of the molecule is COc1ccc(Nc2cc(C(=O)N3CCc4ccccc43)nc(C)n2)cc1Cl. The predicted molar refractivity (Wildman–Crippen MR) is 110 cm³/mol. The lowest BCUT2D eigenvalue weighted by atomic mass is 10.2. The molecular weight excluding hydrogens is 376 g/mol. The number of aryl methyl sites for hydroxylation is 1. The number of amides is 1. The summed E-state index contributed by atoms with van der Waals surface area (Å²) < 4.78 is 5.17. The van der Waals surface area contributed by atoms with Crippen LogP contribution in [0.15, 0.2) is 48.5 Å². The molecule has 1 N–H and O–H groups in total. The number of rotatable bonds is 4. The van der Waals surface area contributed by atoms with E-state index in [-0.39, 0.29) is 5.91 Å². The molecule has 1 aliphatic heterocycles. The van der Waals surface area contributed by atoms with Gasteiger partial charge in [-0.1, -0.05) is 29.8 Å². The van der Waals surface area contributed by atoms with Gasteiger partial charge in [0.1, 0.15) is 23.1 Å². The minimum Gasteiger partial charge on any atom is -0.495 e. The molecule has 0 aliphatic carbocycles. The number of nitrogens with one attached hydrogen (secondary N) is 1. The molecular formula is C21H19ClN4O2. The van der Waals surface area contributed by atoms with Gasteiger partial charge in [-0.15, -0.1) is 0 Å². The first-order valence-electron chi connectivity index (χ1n) is 8.91. The van der Waals surface area contributed by atoms with Crippen LogP contribution >= 0.6 is 11.6 Å². The molecule has 1 amide bonds. The highest BCUT2D eigenvalue weighted by Gasteiger charge is 2.26. The molecule has 1 aliphatic rings. The van der Waals surface area contributed by atoms with Crippen molar-refractivity contribution in [2.24, 2.45) is 0 Å². The molecule has 1 aromatic heterocycles. The van der Waals surface area contributed by atoms with Crippen molar-refractivity contribution in [3.8, 4) is 5.75 Å². The van der Waals surface area contributed by atoms with Gasteiger partial charge < -0.3 is 15.0 Å². The van der Waals surface area contributed by atoms with Crippen LogP contribution in [0.1, 0.15) is 21.9 Å². The van der Waals surface area contributed by atoms with Crippen molar-refractivity contribution in [1.82, 2.24) is 9.97 Å². The summed E-state index contributed by atoms with van der Waals surface area (Å²) in [7, 11) is 1.57. The van der Waals surface area contributed by atoms with Crippen LogP contribution in [0.3, 0.4) is 0 Å². The third-order valence-electron chi connectivity index (χ3n) is 4.61. The normalized spacial score (nSPS) is 12.6. The lowest BCUT2D eigenvalue weighted by molar-refractivity contribution is 0.0984. The highest BCUT2D eigenvalue weighted by atomic mass is 35.5. The van der Waals surface area contributed by atoms with E-state index in [1.165, 1.54) is 5.56 Å². The fourth-order valence-electron chi connectivity index (χ4n) is 3.32. The molecule has 0 unspecified atom stereocenters. The number of para-hydroxylation sites is 1. The third kappa shape index (κ3) is 3.51. The van der Waals surface area contributed by atoms with Gasteiger partial charge >= 0.3 is 0 Å². The summed E-state index contributed by atoms with van der Waals surface area (Å²) in [4.78, 5) is 23.6. The largest absolute Gasteiger partial charge is 0.495 e. The third-order valence-corrected chi connectivity index (χ3v) is 4.91. The molecule has 142 valence electrons. The van der Waals surface area contributed by atoms with E-state index in [4.69, 9.17) is 16.3 Å². The van der Waals surface area contributed by atoms with Crippen molar-refractivity contribution < 1.29 is 9.53 Å². The van der Waals surface area contributed by atoms with Crippen molar-refractivity contribution >= 4 is 34.7 Å². The number of nitrogens with zero attached hydrogens (tertiary/aromatic N) is 3. The van der Waals surface area contributed by atoms with Crippen LogP contribution in [0.25, 0.3) is 0 Å². The maximum Gasteiger partial charge on any atom is 0.277 e. The molecule has 0 saturated carbocycles. The molecule has 2 aromatic carbocycles. The molecule has 0 radical (unpaired) electrons. The Morgan fingerprint density at radius 2 is 2.00 bits per heavy atom. The second-order valence-corrected chi connectivity index (χ2v) is 6.90. The summed E-state index contributed by atoms with van der Waals surface area (Å²) in [5.74, 6) is 1.51. The van der Waals surface area contributed by atoms with Gasteiger partial charge in [0, 0.05) is 24.0 Å². The zero-order valence-electron chi connectivity index (χ0n) is 15.6. The van der Waals surface area contributed by atoms with Gasteiger partial charge in [0.05, 0.1) is 12.1 Å². The molecule has 3 aromatic rings. The van der Waals surface area contributed by atoms with Crippen molar-refractivity contribution in [2.45, 2.75) is 13.3 Å². The Morgan fingerprint density at radius 3 is 2.79 bits per heavy atom. The first-order chi connectivity index (χ1) is 13.5. The molecule has 0 spiro atoms. The number of anilines is 3. The zero-order valence-corrected chi connectivity index (χ0v) is 16.3. The summed E-state index contributed by atoms with van der Waals surface area (Å²) in [5, 5.41) is 3.67. The highest BCUT2D eigenvalue weighted by molar-refractivity contribution is 6.32. The lowest BCUT2D eigenvalue weighted by Gasteiger charge is -2.17. The van der Waals surface area contributed by atoms with Crippen molar-refractivity contribution in [2.75, 3.05) is 23.9 Å². The van der Waals surface area contributed by atoms with Gasteiger partial charge in [0.25, 0.3) is 5.91 Å². The number of hydrogen-bond donors (Lipinski definition) is 1. The maximum absolute atomic E-state index is 13.1. The van der Waals surface area contributed by atoms with Crippen LogP contribution in [0.4, 0.5) is 17.2 Å². The molecule has 0 fully saturated rings. The molecule has 6 nitrogen and oxygen atoms in total. The van der Waals surface area contributed by atoms with E-state index in [0.717, 1.165) is 17.8 Å². The summed E-state index contributed by atoms with van der Waals surface area (Å²) in [6.07, 6.45) is 0.849. The highest BCUT2D eigenvalue weighted by Crippen LogP contribution is 2.30. The number of carbonyl (C=O) groups excluding carboxylic acids is 1. The van der Waals surface area contributed by atoms with E-state index >= 15 is 0 Å². The summed E-state index contributed by atoms with van der Waals surface area (Å²) in [6.45, 7) is 2.42. The van der Waals surface area contributed by atoms with E-state index < -0.39 is 0 Å². The van der Waals surface area contributed by atoms with E-state index in [9.17, 15) is 4.79 Å². The maximum atomic E-state index is 13.1. The smallest absolute Gasteiger partial charge is 0.277 e. The Labute approximate surface area is 168 Å². The van der Waals surface area contributed by atoms with Gasteiger partial charge in [0.15, 0.2) is 0 Å². The number of halogens is 1. The number of ether oxygens (including phenoxy) is 1. The Hall–Kier alpha value is -3.12. The first kappa shape index (κ1) is 18.3. The zero-order chi connectivity index (χ0) is 19.7. The Kier molecular flexibility index (Phi) is 4.88. The van der Waals surface area contributed by atoms with Gasteiger partial charge in [-0.3, -0.25) is 4.79 Å². The minimum absolute atomic E-state index is 0.133. The Morgan fingerprint density at radius 1 is 1.18 bits per heavy atom. The molecule has 0 saturated heterocycles. The number of benzene rings is 2. The predicted octanol–water partition coefficient (Wildman–Crippen LogP) is 4.39. The van der Waals surface area contributed by atoms with Crippen molar-refractivity contribution in [1.29, 1.82) is 0 Å². The van der Waals surface area contributed by atoms with Crippen LogP contribution < -0.4 is 15.0 Å². The quantitative estimate of drug-likeness (QED) is 0.710. The number of hydrogen-bond acceptors (Lipinski definition) is 5. The van der Waals surface area contributed by atoms with Crippen LogP contribution in [0.2, 0.25) is 5.02 Å². The average molecular weight is 395 g/mol. The van der Waals surface area contributed by atoms with E-state index in [2.05, 4.69) is 15.3 Å². The fraction of sp³-hybridized carbons (Fsp3) is 0.190. The van der Waals surface area contributed by atoms with Gasteiger partial charge in [-0.25, -0.2) is 9.97 Å². The number of aromatic nitrogens is 2. The van der Waals surface area contributed by atoms with Gasteiger partial charge in [-0.2, -0.15) is 0 Å². The van der Waals surface area contributed by atoms with Crippen LogP contribution in [-0.4, -0.2) is 29.5 Å². The second-order valence-electron chi connectivity index (χ2n) is 6.50.